The Kier molecular flexibility index (Phi) is 8.69. The molecule has 0 fully saturated rings. The number of rotatable bonds is 11. The van der Waals surface area contributed by atoms with Gasteiger partial charge in [-0.25, -0.2) is 0 Å². The average Bonchev–Trinajstić information content (AvgIpc) is 2.82. The maximum absolute atomic E-state index is 12.3. The Labute approximate surface area is 189 Å². The van der Waals surface area contributed by atoms with Crippen LogP contribution in [0.5, 0.6) is 5.75 Å². The fourth-order valence-corrected chi connectivity index (χ4v) is 3.08. The molecular formula is C26H29N3O3. The summed E-state index contributed by atoms with van der Waals surface area (Å²) in [4.78, 5) is 23.7. The Balaban J connectivity index is 1.40. The van der Waals surface area contributed by atoms with Gasteiger partial charge in [0, 0.05) is 29.5 Å². The monoisotopic (exact) mass is 431 g/mol. The van der Waals surface area contributed by atoms with Gasteiger partial charge in [-0.3, -0.25) is 9.59 Å². The second kappa shape index (κ2) is 12.2. The fourth-order valence-electron chi connectivity index (χ4n) is 3.08. The van der Waals surface area contributed by atoms with Crippen molar-refractivity contribution < 1.29 is 14.3 Å². The molecule has 0 atom stereocenters. The van der Waals surface area contributed by atoms with Gasteiger partial charge in [-0.2, -0.15) is 0 Å². The van der Waals surface area contributed by atoms with Crippen LogP contribution in [0.1, 0.15) is 25.3 Å². The Morgan fingerprint density at radius 3 is 2.25 bits per heavy atom. The van der Waals surface area contributed by atoms with Gasteiger partial charge in [0.2, 0.25) is 11.8 Å². The molecule has 6 heteroatoms. The van der Waals surface area contributed by atoms with Gasteiger partial charge in [-0.15, -0.1) is 0 Å². The number of hydrogen-bond acceptors (Lipinski definition) is 4. The van der Waals surface area contributed by atoms with Crippen molar-refractivity contribution in [3.05, 3.63) is 84.4 Å². The lowest BCUT2D eigenvalue weighted by Crippen LogP contribution is -2.21. The summed E-state index contributed by atoms with van der Waals surface area (Å²) in [5.41, 5.74) is 3.51. The summed E-state index contributed by atoms with van der Waals surface area (Å²) >= 11 is 0. The molecule has 166 valence electrons. The molecule has 0 saturated heterocycles. The zero-order valence-corrected chi connectivity index (χ0v) is 18.3. The molecule has 0 spiro atoms. The van der Waals surface area contributed by atoms with Crippen LogP contribution in [0.4, 0.5) is 17.1 Å². The predicted molar refractivity (Wildman–Crippen MR) is 129 cm³/mol. The van der Waals surface area contributed by atoms with Crippen LogP contribution in [0.15, 0.2) is 78.9 Å². The smallest absolute Gasteiger partial charge is 0.243 e. The van der Waals surface area contributed by atoms with E-state index < -0.39 is 0 Å². The lowest BCUT2D eigenvalue weighted by atomic mass is 10.1. The summed E-state index contributed by atoms with van der Waals surface area (Å²) in [6.45, 7) is 2.54. The first-order valence-electron chi connectivity index (χ1n) is 10.8. The van der Waals surface area contributed by atoms with Crippen LogP contribution in [0.3, 0.4) is 0 Å². The molecule has 0 aromatic heterocycles. The first-order chi connectivity index (χ1) is 15.6. The first kappa shape index (κ1) is 22.9. The zero-order chi connectivity index (χ0) is 22.6. The third-order valence-corrected chi connectivity index (χ3v) is 4.78. The van der Waals surface area contributed by atoms with Crippen LogP contribution in [0.25, 0.3) is 0 Å². The van der Waals surface area contributed by atoms with E-state index in [1.165, 1.54) is 5.56 Å². The third kappa shape index (κ3) is 7.80. The van der Waals surface area contributed by atoms with Gasteiger partial charge in [0.15, 0.2) is 0 Å². The van der Waals surface area contributed by atoms with Crippen molar-refractivity contribution >= 4 is 28.9 Å². The van der Waals surface area contributed by atoms with E-state index in [1.807, 2.05) is 54.6 Å². The van der Waals surface area contributed by atoms with Gasteiger partial charge in [0.05, 0.1) is 13.2 Å². The number of carbonyl (C=O) groups excluding carboxylic acids is 2. The van der Waals surface area contributed by atoms with Crippen LogP contribution in [-0.2, 0) is 16.0 Å². The first-order valence-corrected chi connectivity index (χ1v) is 10.8. The van der Waals surface area contributed by atoms with E-state index in [2.05, 4.69) is 28.1 Å². The molecule has 0 radical (unpaired) electrons. The molecule has 3 aromatic carbocycles. The topological polar surface area (TPSA) is 79.5 Å². The molecule has 0 unspecified atom stereocenters. The Morgan fingerprint density at radius 1 is 0.781 bits per heavy atom. The Morgan fingerprint density at radius 2 is 1.50 bits per heavy atom. The minimum Gasteiger partial charge on any atom is -0.494 e. The highest BCUT2D eigenvalue weighted by atomic mass is 16.5. The van der Waals surface area contributed by atoms with Gasteiger partial charge >= 0.3 is 0 Å². The summed E-state index contributed by atoms with van der Waals surface area (Å²) in [6, 6.07) is 25.0. The van der Waals surface area contributed by atoms with E-state index in [4.69, 9.17) is 4.74 Å². The zero-order valence-electron chi connectivity index (χ0n) is 18.3. The molecule has 0 heterocycles. The standard InChI is InChI=1S/C26H29N3O3/c1-2-25(30)28-22-15-13-21(14-16-22)27-19-26(31)29-23-11-6-12-24(18-23)32-17-7-10-20-8-4-3-5-9-20/h3-6,8-9,11-16,18,27H,2,7,10,17,19H2,1H3,(H,28,30)(H,29,31). The third-order valence-electron chi connectivity index (χ3n) is 4.78. The summed E-state index contributed by atoms with van der Waals surface area (Å²) in [5, 5.41) is 8.74. The number of benzene rings is 3. The molecule has 6 nitrogen and oxygen atoms in total. The molecule has 0 aliphatic heterocycles. The molecule has 32 heavy (non-hydrogen) atoms. The van der Waals surface area contributed by atoms with Crippen LogP contribution < -0.4 is 20.7 Å². The van der Waals surface area contributed by atoms with Crippen molar-refractivity contribution in [3.63, 3.8) is 0 Å². The van der Waals surface area contributed by atoms with Crippen molar-refractivity contribution in [3.8, 4) is 5.75 Å². The van der Waals surface area contributed by atoms with Crippen molar-refractivity contribution in [2.75, 3.05) is 29.1 Å². The van der Waals surface area contributed by atoms with Crippen LogP contribution in [0.2, 0.25) is 0 Å². The van der Waals surface area contributed by atoms with Crippen molar-refractivity contribution in [1.29, 1.82) is 0 Å². The summed E-state index contributed by atoms with van der Waals surface area (Å²) in [7, 11) is 0. The summed E-state index contributed by atoms with van der Waals surface area (Å²) in [6.07, 6.45) is 2.32. The second-order valence-electron chi connectivity index (χ2n) is 7.35. The molecule has 3 N–H and O–H groups in total. The maximum Gasteiger partial charge on any atom is 0.243 e. The van der Waals surface area contributed by atoms with E-state index in [0.717, 1.165) is 30.0 Å². The lowest BCUT2D eigenvalue weighted by Gasteiger charge is -2.11. The van der Waals surface area contributed by atoms with Crippen molar-refractivity contribution in [2.24, 2.45) is 0 Å². The predicted octanol–water partition coefficient (Wildman–Crippen LogP) is 5.10. The molecule has 0 aliphatic carbocycles. The summed E-state index contributed by atoms with van der Waals surface area (Å²) < 4.78 is 5.83. The summed E-state index contributed by atoms with van der Waals surface area (Å²) in [5.74, 6) is 0.538. The minimum absolute atomic E-state index is 0.0347. The SMILES string of the molecule is CCC(=O)Nc1ccc(NCC(=O)Nc2cccc(OCCCc3ccccc3)c2)cc1. The van der Waals surface area contributed by atoms with E-state index in [1.54, 1.807) is 19.1 Å². The molecule has 3 rings (SSSR count). The van der Waals surface area contributed by atoms with Gasteiger partial charge in [0.25, 0.3) is 0 Å². The number of hydrogen-bond donors (Lipinski definition) is 3. The second-order valence-corrected chi connectivity index (χ2v) is 7.35. The lowest BCUT2D eigenvalue weighted by molar-refractivity contribution is -0.116. The van der Waals surface area contributed by atoms with E-state index in [-0.39, 0.29) is 18.4 Å². The Bertz CT molecular complexity index is 1000. The van der Waals surface area contributed by atoms with Crippen molar-refractivity contribution in [2.45, 2.75) is 26.2 Å². The minimum atomic E-state index is -0.158. The van der Waals surface area contributed by atoms with Gasteiger partial charge in [-0.1, -0.05) is 43.3 Å². The highest BCUT2D eigenvalue weighted by molar-refractivity contribution is 5.94. The largest absolute Gasteiger partial charge is 0.494 e. The van der Waals surface area contributed by atoms with E-state index in [0.29, 0.717) is 18.7 Å². The van der Waals surface area contributed by atoms with Crippen LogP contribution in [0, 0.1) is 0 Å². The normalized spacial score (nSPS) is 10.3. The molecular weight excluding hydrogens is 402 g/mol. The molecule has 0 aliphatic rings. The molecule has 2 amide bonds. The maximum atomic E-state index is 12.3. The highest BCUT2D eigenvalue weighted by Crippen LogP contribution is 2.18. The number of carbonyl (C=O) groups is 2. The number of ether oxygens (including phenoxy) is 1. The van der Waals surface area contributed by atoms with E-state index in [9.17, 15) is 9.59 Å². The van der Waals surface area contributed by atoms with Crippen LogP contribution in [-0.4, -0.2) is 25.0 Å². The van der Waals surface area contributed by atoms with Crippen LogP contribution >= 0.6 is 0 Å². The number of nitrogens with one attached hydrogen (secondary N) is 3. The van der Waals surface area contributed by atoms with Gasteiger partial charge < -0.3 is 20.7 Å². The number of aryl methyl sites for hydroxylation is 1. The van der Waals surface area contributed by atoms with E-state index >= 15 is 0 Å². The number of amides is 2. The molecule has 3 aromatic rings. The van der Waals surface area contributed by atoms with Crippen molar-refractivity contribution in [1.82, 2.24) is 0 Å². The molecule has 0 saturated carbocycles. The number of anilines is 3. The highest BCUT2D eigenvalue weighted by Gasteiger charge is 2.05. The Hall–Kier alpha value is -3.80. The van der Waals surface area contributed by atoms with Gasteiger partial charge in [0.1, 0.15) is 5.75 Å². The quantitative estimate of drug-likeness (QED) is 0.369. The van der Waals surface area contributed by atoms with Gasteiger partial charge in [-0.05, 0) is 54.8 Å². The molecule has 0 bridgehead atoms. The fraction of sp³-hybridized carbons (Fsp3) is 0.231. The average molecular weight is 432 g/mol.